The van der Waals surface area contributed by atoms with E-state index in [1.54, 1.807) is 24.3 Å². The van der Waals surface area contributed by atoms with Gasteiger partial charge in [-0.05, 0) is 6.07 Å². The molecule has 1 aromatic rings. The molecule has 0 fully saturated rings. The van der Waals surface area contributed by atoms with Crippen LogP contribution in [-0.4, -0.2) is 31.1 Å². The van der Waals surface area contributed by atoms with Crippen LogP contribution in [0.4, 0.5) is 0 Å². The van der Waals surface area contributed by atoms with Crippen molar-refractivity contribution in [3.8, 4) is 0 Å². The Bertz CT molecular complexity index is 287. The Kier molecular flexibility index (Phi) is 6.76. The van der Waals surface area contributed by atoms with Crippen molar-refractivity contribution < 1.29 is 13.9 Å². The maximum absolute atomic E-state index is 10.8. The van der Waals surface area contributed by atoms with Gasteiger partial charge in [-0.2, -0.15) is 11.8 Å². The molecular formula is C11H17NO3S. The smallest absolute Gasteiger partial charge is 0.306 e. The molecule has 4 nitrogen and oxygen atoms in total. The Balaban J connectivity index is 1.87. The molecule has 0 aliphatic carbocycles. The van der Waals surface area contributed by atoms with Gasteiger partial charge in [0.05, 0.1) is 26.1 Å². The first-order chi connectivity index (χ1) is 7.83. The summed E-state index contributed by atoms with van der Waals surface area (Å²) in [7, 11) is 1.42. The molecule has 0 spiro atoms. The number of esters is 1. The van der Waals surface area contributed by atoms with Crippen molar-refractivity contribution in [1.29, 1.82) is 0 Å². The van der Waals surface area contributed by atoms with Crippen molar-refractivity contribution in [3.63, 3.8) is 0 Å². The summed E-state index contributed by atoms with van der Waals surface area (Å²) in [6.07, 6.45) is 3.89. The number of hydrogen-bond acceptors (Lipinski definition) is 5. The van der Waals surface area contributed by atoms with Crippen LogP contribution in [0.5, 0.6) is 0 Å². The van der Waals surface area contributed by atoms with E-state index in [1.807, 2.05) is 6.07 Å². The topological polar surface area (TPSA) is 51.5 Å². The monoisotopic (exact) mass is 243 g/mol. The highest BCUT2D eigenvalue weighted by atomic mass is 32.2. The molecule has 90 valence electrons. The number of furan rings is 1. The lowest BCUT2D eigenvalue weighted by atomic mass is 10.3. The van der Waals surface area contributed by atoms with Gasteiger partial charge >= 0.3 is 5.97 Å². The Hall–Kier alpha value is -0.940. The van der Waals surface area contributed by atoms with Gasteiger partial charge in [-0.1, -0.05) is 0 Å². The predicted octanol–water partition coefficient (Wildman–Crippen LogP) is 1.67. The Labute approximate surface area is 99.7 Å². The number of carbonyl (C=O) groups is 1. The van der Waals surface area contributed by atoms with Gasteiger partial charge in [-0.25, -0.2) is 0 Å². The summed E-state index contributed by atoms with van der Waals surface area (Å²) in [5, 5.41) is 3.29. The molecule has 0 aliphatic rings. The van der Waals surface area contributed by atoms with Crippen LogP contribution < -0.4 is 5.32 Å². The molecule has 0 saturated heterocycles. The second-order valence-corrected chi connectivity index (χ2v) is 4.47. The lowest BCUT2D eigenvalue weighted by Crippen LogP contribution is -2.16. The van der Waals surface area contributed by atoms with Gasteiger partial charge in [-0.15, -0.1) is 0 Å². The van der Waals surface area contributed by atoms with Crippen molar-refractivity contribution in [2.45, 2.75) is 13.0 Å². The van der Waals surface area contributed by atoms with E-state index in [1.165, 1.54) is 7.11 Å². The standard InChI is InChI=1S/C11H17NO3S/c1-14-11(13)3-6-16-7-4-12-8-10-2-5-15-9-10/h2,5,9,12H,3-4,6-8H2,1H3. The fraction of sp³-hybridized carbons (Fsp3) is 0.545. The highest BCUT2D eigenvalue weighted by Crippen LogP contribution is 2.02. The summed E-state index contributed by atoms with van der Waals surface area (Å²) in [6, 6.07) is 1.94. The summed E-state index contributed by atoms with van der Waals surface area (Å²) in [6.45, 7) is 1.76. The van der Waals surface area contributed by atoms with Crippen molar-refractivity contribution in [2.75, 3.05) is 25.2 Å². The molecule has 1 N–H and O–H groups in total. The molecule has 0 bridgehead atoms. The third-order valence-corrected chi connectivity index (χ3v) is 3.00. The Morgan fingerprint density at radius 1 is 1.56 bits per heavy atom. The normalized spacial score (nSPS) is 10.3. The van der Waals surface area contributed by atoms with E-state index in [4.69, 9.17) is 4.42 Å². The molecule has 0 aromatic carbocycles. The highest BCUT2D eigenvalue weighted by Gasteiger charge is 1.99. The number of nitrogens with one attached hydrogen (secondary N) is 1. The number of ether oxygens (including phenoxy) is 1. The SMILES string of the molecule is COC(=O)CCSCCNCc1ccoc1. The van der Waals surface area contributed by atoms with Gasteiger partial charge in [0, 0.05) is 30.2 Å². The van der Waals surface area contributed by atoms with Gasteiger partial charge in [0.25, 0.3) is 0 Å². The maximum Gasteiger partial charge on any atom is 0.306 e. The van der Waals surface area contributed by atoms with E-state index in [9.17, 15) is 4.79 Å². The second-order valence-electron chi connectivity index (χ2n) is 3.25. The molecule has 0 atom stereocenters. The fourth-order valence-electron chi connectivity index (χ4n) is 1.13. The predicted molar refractivity (Wildman–Crippen MR) is 64.4 cm³/mol. The number of rotatable bonds is 8. The largest absolute Gasteiger partial charge is 0.472 e. The van der Waals surface area contributed by atoms with Gasteiger partial charge < -0.3 is 14.5 Å². The lowest BCUT2D eigenvalue weighted by Gasteiger charge is -2.02. The average Bonchev–Trinajstić information content (AvgIpc) is 2.80. The zero-order valence-electron chi connectivity index (χ0n) is 9.40. The average molecular weight is 243 g/mol. The fourth-order valence-corrected chi connectivity index (χ4v) is 1.93. The zero-order chi connectivity index (χ0) is 11.6. The van der Waals surface area contributed by atoms with E-state index < -0.39 is 0 Å². The van der Waals surface area contributed by atoms with E-state index in [0.29, 0.717) is 6.42 Å². The van der Waals surface area contributed by atoms with Crippen molar-refractivity contribution in [3.05, 3.63) is 24.2 Å². The van der Waals surface area contributed by atoms with Crippen LogP contribution in [0, 0.1) is 0 Å². The van der Waals surface area contributed by atoms with Gasteiger partial charge in [0.2, 0.25) is 0 Å². The first-order valence-electron chi connectivity index (χ1n) is 5.19. The second kappa shape index (κ2) is 8.24. The zero-order valence-corrected chi connectivity index (χ0v) is 10.2. The molecule has 0 aliphatic heterocycles. The first kappa shape index (κ1) is 13.1. The van der Waals surface area contributed by atoms with Crippen LogP contribution >= 0.6 is 11.8 Å². The summed E-state index contributed by atoms with van der Waals surface area (Å²) in [4.78, 5) is 10.8. The minimum atomic E-state index is -0.140. The van der Waals surface area contributed by atoms with Crippen LogP contribution in [-0.2, 0) is 16.1 Å². The number of methoxy groups -OCH3 is 1. The van der Waals surface area contributed by atoms with Crippen LogP contribution in [0.15, 0.2) is 23.0 Å². The van der Waals surface area contributed by atoms with Gasteiger partial charge in [0.1, 0.15) is 0 Å². The van der Waals surface area contributed by atoms with Crippen LogP contribution in [0.1, 0.15) is 12.0 Å². The van der Waals surface area contributed by atoms with Gasteiger partial charge in [0.15, 0.2) is 0 Å². The third kappa shape index (κ3) is 5.82. The molecular weight excluding hydrogens is 226 g/mol. The quantitative estimate of drug-likeness (QED) is 0.556. The lowest BCUT2D eigenvalue weighted by molar-refractivity contribution is -0.140. The summed E-state index contributed by atoms with van der Waals surface area (Å²) >= 11 is 1.75. The number of thioether (sulfide) groups is 1. The van der Waals surface area contributed by atoms with Gasteiger partial charge in [-0.3, -0.25) is 4.79 Å². The molecule has 0 amide bonds. The molecule has 16 heavy (non-hydrogen) atoms. The molecule has 1 rings (SSSR count). The molecule has 0 saturated carbocycles. The summed E-state index contributed by atoms with van der Waals surface area (Å²) < 4.78 is 9.50. The van der Waals surface area contributed by atoms with Crippen molar-refractivity contribution in [2.24, 2.45) is 0 Å². The minimum Gasteiger partial charge on any atom is -0.472 e. The van der Waals surface area contributed by atoms with E-state index in [-0.39, 0.29) is 5.97 Å². The van der Waals surface area contributed by atoms with Crippen LogP contribution in [0.2, 0.25) is 0 Å². The first-order valence-corrected chi connectivity index (χ1v) is 6.34. The molecule has 1 aromatic heterocycles. The molecule has 1 heterocycles. The molecule has 0 radical (unpaired) electrons. The number of carbonyl (C=O) groups excluding carboxylic acids is 1. The Morgan fingerprint density at radius 3 is 3.12 bits per heavy atom. The molecule has 0 unspecified atom stereocenters. The number of hydrogen-bond donors (Lipinski definition) is 1. The minimum absolute atomic E-state index is 0.140. The highest BCUT2D eigenvalue weighted by molar-refractivity contribution is 7.99. The Morgan fingerprint density at radius 2 is 2.44 bits per heavy atom. The van der Waals surface area contributed by atoms with Crippen molar-refractivity contribution in [1.82, 2.24) is 5.32 Å². The molecule has 5 heteroatoms. The third-order valence-electron chi connectivity index (χ3n) is 2.01. The van der Waals surface area contributed by atoms with Crippen molar-refractivity contribution >= 4 is 17.7 Å². The maximum atomic E-state index is 10.8. The summed E-state index contributed by atoms with van der Waals surface area (Å²) in [5.41, 5.74) is 1.15. The van der Waals surface area contributed by atoms with Crippen LogP contribution in [0.25, 0.3) is 0 Å². The van der Waals surface area contributed by atoms with Crippen LogP contribution in [0.3, 0.4) is 0 Å². The summed E-state index contributed by atoms with van der Waals surface area (Å²) in [5.74, 6) is 1.67. The van der Waals surface area contributed by atoms with E-state index >= 15 is 0 Å². The van der Waals surface area contributed by atoms with E-state index in [0.717, 1.165) is 30.2 Å². The van der Waals surface area contributed by atoms with E-state index in [2.05, 4.69) is 10.1 Å².